The zero-order valence-corrected chi connectivity index (χ0v) is 15.8. The standard InChI is InChI=1S/C22H24N2O4/c25-12-16-11-22-8-4-5-9-23(14-22)21(27)19-20(18(26)10-17(16)24(19)22)28-13-15-6-2-1-3-7-15/h1-3,6-7,10,16,25H,4-5,8-9,11-14H2/t16?,22-/m0/s1. The van der Waals surface area contributed by atoms with Crippen molar-refractivity contribution in [3.8, 4) is 5.75 Å². The molecule has 1 fully saturated rings. The molecule has 3 aliphatic rings. The Hall–Kier alpha value is -2.60. The number of fused-ring (bicyclic) bond motifs is 1. The van der Waals surface area contributed by atoms with Crippen LogP contribution in [-0.4, -0.2) is 40.2 Å². The summed E-state index contributed by atoms with van der Waals surface area (Å²) in [6.45, 7) is 1.59. The summed E-state index contributed by atoms with van der Waals surface area (Å²) >= 11 is 0. The van der Waals surface area contributed by atoms with Gasteiger partial charge in [0.25, 0.3) is 5.91 Å². The van der Waals surface area contributed by atoms with Crippen LogP contribution < -0.4 is 10.2 Å². The molecule has 1 N–H and O–H groups in total. The molecule has 146 valence electrons. The molecule has 0 aliphatic carbocycles. The fraction of sp³-hybridized carbons (Fsp3) is 0.455. The molecule has 1 unspecified atom stereocenters. The van der Waals surface area contributed by atoms with E-state index in [1.807, 2.05) is 35.2 Å². The maximum Gasteiger partial charge on any atom is 0.274 e. The Labute approximate surface area is 163 Å². The number of aliphatic hydroxyl groups excluding tert-OH is 1. The third kappa shape index (κ3) is 2.51. The number of ether oxygens (including phenoxy) is 1. The van der Waals surface area contributed by atoms with Crippen LogP contribution in [0.4, 0.5) is 0 Å². The summed E-state index contributed by atoms with van der Waals surface area (Å²) in [4.78, 5) is 28.1. The lowest BCUT2D eigenvalue weighted by molar-refractivity contribution is 0.0575. The number of carbonyl (C=O) groups is 1. The van der Waals surface area contributed by atoms with E-state index in [0.29, 0.717) is 18.8 Å². The molecule has 28 heavy (non-hydrogen) atoms. The van der Waals surface area contributed by atoms with E-state index < -0.39 is 0 Å². The summed E-state index contributed by atoms with van der Waals surface area (Å²) in [5.74, 6) is -0.0919. The first kappa shape index (κ1) is 17.5. The van der Waals surface area contributed by atoms with E-state index in [1.54, 1.807) is 6.07 Å². The second-order valence-corrected chi connectivity index (χ2v) is 8.21. The fourth-order valence-electron chi connectivity index (χ4n) is 5.24. The predicted octanol–water partition coefficient (Wildman–Crippen LogP) is 2.24. The van der Waals surface area contributed by atoms with Crippen LogP contribution in [0.2, 0.25) is 0 Å². The fourth-order valence-corrected chi connectivity index (χ4v) is 5.24. The molecule has 1 aromatic carbocycles. The SMILES string of the molecule is O=C1c2c(OCc3ccccc3)c(=O)cc3n2[C@@]2(CCCCN1C2)CC3CO. The van der Waals surface area contributed by atoms with Gasteiger partial charge in [-0.25, -0.2) is 0 Å². The molecule has 2 bridgehead atoms. The Bertz CT molecular complexity index is 984. The lowest BCUT2D eigenvalue weighted by atomic mass is 9.86. The Morgan fingerprint density at radius 1 is 1.18 bits per heavy atom. The monoisotopic (exact) mass is 380 g/mol. The molecule has 1 spiro atoms. The summed E-state index contributed by atoms with van der Waals surface area (Å²) < 4.78 is 8.01. The molecule has 1 saturated heterocycles. The smallest absolute Gasteiger partial charge is 0.274 e. The van der Waals surface area contributed by atoms with Crippen molar-refractivity contribution in [3.63, 3.8) is 0 Å². The van der Waals surface area contributed by atoms with Crippen molar-refractivity contribution < 1.29 is 14.6 Å². The van der Waals surface area contributed by atoms with E-state index in [9.17, 15) is 14.7 Å². The van der Waals surface area contributed by atoms with Gasteiger partial charge in [-0.2, -0.15) is 0 Å². The molecule has 6 heteroatoms. The van der Waals surface area contributed by atoms with Gasteiger partial charge < -0.3 is 19.3 Å². The Balaban J connectivity index is 1.66. The van der Waals surface area contributed by atoms with Crippen molar-refractivity contribution in [1.29, 1.82) is 0 Å². The van der Waals surface area contributed by atoms with Crippen molar-refractivity contribution in [3.05, 3.63) is 63.6 Å². The zero-order chi connectivity index (χ0) is 19.3. The van der Waals surface area contributed by atoms with Crippen molar-refractivity contribution in [2.45, 2.75) is 43.7 Å². The number of aliphatic hydroxyl groups is 1. The first-order valence-corrected chi connectivity index (χ1v) is 10.0. The van der Waals surface area contributed by atoms with Crippen molar-refractivity contribution in [1.82, 2.24) is 9.47 Å². The van der Waals surface area contributed by atoms with E-state index in [1.165, 1.54) is 0 Å². The summed E-state index contributed by atoms with van der Waals surface area (Å²) in [6, 6.07) is 11.2. The van der Waals surface area contributed by atoms with Crippen LogP contribution >= 0.6 is 0 Å². The average Bonchev–Trinajstić information content (AvgIpc) is 2.88. The Morgan fingerprint density at radius 2 is 2.00 bits per heavy atom. The van der Waals surface area contributed by atoms with Gasteiger partial charge in [-0.3, -0.25) is 9.59 Å². The number of hydrogen-bond acceptors (Lipinski definition) is 4. The molecule has 5 rings (SSSR count). The average molecular weight is 380 g/mol. The maximum atomic E-state index is 13.3. The lowest BCUT2D eigenvalue weighted by Gasteiger charge is -2.42. The summed E-state index contributed by atoms with van der Waals surface area (Å²) in [5, 5.41) is 9.93. The highest BCUT2D eigenvalue weighted by Gasteiger charge is 2.52. The molecule has 3 aliphatic heterocycles. The molecule has 1 amide bonds. The second kappa shape index (κ2) is 6.48. The summed E-state index contributed by atoms with van der Waals surface area (Å²) in [5.41, 5.74) is 1.59. The highest BCUT2D eigenvalue weighted by atomic mass is 16.5. The molecule has 4 heterocycles. The highest BCUT2D eigenvalue weighted by Crippen LogP contribution is 2.49. The molecule has 0 radical (unpaired) electrons. The van der Waals surface area contributed by atoms with E-state index in [2.05, 4.69) is 4.57 Å². The predicted molar refractivity (Wildman–Crippen MR) is 104 cm³/mol. The third-order valence-electron chi connectivity index (χ3n) is 6.46. The molecular weight excluding hydrogens is 356 g/mol. The first-order valence-electron chi connectivity index (χ1n) is 10.0. The van der Waals surface area contributed by atoms with Crippen LogP contribution in [0, 0.1) is 0 Å². The van der Waals surface area contributed by atoms with Crippen LogP contribution in [0.5, 0.6) is 5.75 Å². The van der Waals surface area contributed by atoms with Gasteiger partial charge in [0.15, 0.2) is 11.4 Å². The molecule has 2 atom stereocenters. The third-order valence-corrected chi connectivity index (χ3v) is 6.46. The van der Waals surface area contributed by atoms with E-state index >= 15 is 0 Å². The number of rotatable bonds is 4. The second-order valence-electron chi connectivity index (χ2n) is 8.21. The number of aromatic nitrogens is 1. The van der Waals surface area contributed by atoms with Crippen molar-refractivity contribution in [2.75, 3.05) is 19.7 Å². The minimum Gasteiger partial charge on any atom is -0.483 e. The zero-order valence-electron chi connectivity index (χ0n) is 15.8. The van der Waals surface area contributed by atoms with Gasteiger partial charge in [-0.15, -0.1) is 0 Å². The molecule has 6 nitrogen and oxygen atoms in total. The number of pyridine rings is 1. The highest BCUT2D eigenvalue weighted by molar-refractivity contribution is 5.96. The van der Waals surface area contributed by atoms with Crippen LogP contribution in [0.15, 0.2) is 41.2 Å². The normalized spacial score (nSPS) is 25.4. The van der Waals surface area contributed by atoms with Gasteiger partial charge in [-0.1, -0.05) is 30.3 Å². The first-order chi connectivity index (χ1) is 13.6. The van der Waals surface area contributed by atoms with Crippen LogP contribution in [-0.2, 0) is 12.1 Å². The quantitative estimate of drug-likeness (QED) is 0.883. The van der Waals surface area contributed by atoms with Crippen molar-refractivity contribution in [2.24, 2.45) is 0 Å². The number of benzene rings is 1. The van der Waals surface area contributed by atoms with Gasteiger partial charge in [0, 0.05) is 30.8 Å². The van der Waals surface area contributed by atoms with Crippen LogP contribution in [0.3, 0.4) is 0 Å². The largest absolute Gasteiger partial charge is 0.483 e. The van der Waals surface area contributed by atoms with Gasteiger partial charge in [0.2, 0.25) is 5.43 Å². The molecule has 2 aromatic rings. The van der Waals surface area contributed by atoms with Gasteiger partial charge in [0.1, 0.15) is 6.61 Å². The minimum atomic E-state index is -0.277. The Kier molecular flexibility index (Phi) is 4.05. The van der Waals surface area contributed by atoms with Crippen LogP contribution in [0.1, 0.15) is 53.3 Å². The maximum absolute atomic E-state index is 13.3. The molecule has 0 saturated carbocycles. The van der Waals surface area contributed by atoms with Gasteiger partial charge in [0.05, 0.1) is 12.1 Å². The number of nitrogens with zero attached hydrogens (tertiary/aromatic N) is 2. The van der Waals surface area contributed by atoms with Gasteiger partial charge >= 0.3 is 0 Å². The number of carbonyl (C=O) groups excluding carboxylic acids is 1. The lowest BCUT2D eigenvalue weighted by Crippen LogP contribution is -2.52. The van der Waals surface area contributed by atoms with E-state index in [0.717, 1.165) is 36.9 Å². The van der Waals surface area contributed by atoms with Crippen molar-refractivity contribution >= 4 is 5.91 Å². The molecule has 1 aromatic heterocycles. The topological polar surface area (TPSA) is 71.8 Å². The van der Waals surface area contributed by atoms with Gasteiger partial charge in [-0.05, 0) is 31.2 Å². The number of amides is 1. The van der Waals surface area contributed by atoms with E-state index in [-0.39, 0.29) is 41.8 Å². The molecular formula is C22H24N2O4. The number of hydrogen-bond donors (Lipinski definition) is 1. The van der Waals surface area contributed by atoms with E-state index in [4.69, 9.17) is 4.74 Å². The summed E-state index contributed by atoms with van der Waals surface area (Å²) in [7, 11) is 0. The minimum absolute atomic E-state index is 0.0148. The summed E-state index contributed by atoms with van der Waals surface area (Å²) in [6.07, 6.45) is 3.72. The van der Waals surface area contributed by atoms with Crippen LogP contribution in [0.25, 0.3) is 0 Å². The Morgan fingerprint density at radius 3 is 2.79 bits per heavy atom.